The van der Waals surface area contributed by atoms with Crippen LogP contribution >= 0.6 is 0 Å². The van der Waals surface area contributed by atoms with Crippen LogP contribution in [0.5, 0.6) is 11.5 Å². The van der Waals surface area contributed by atoms with Crippen LogP contribution in [-0.4, -0.2) is 12.6 Å². The Labute approximate surface area is 151 Å². The smallest absolute Gasteiger partial charge is 0.343 e. The van der Waals surface area contributed by atoms with E-state index in [4.69, 9.17) is 9.47 Å². The first kappa shape index (κ1) is 18.4. The minimum Gasteiger partial charge on any atom is -0.490 e. The number of carbonyl (C=O) groups excluding carboxylic acids is 1. The van der Waals surface area contributed by atoms with E-state index in [-0.39, 0.29) is 11.3 Å². The van der Waals surface area contributed by atoms with Crippen molar-refractivity contribution in [1.29, 1.82) is 0 Å². The lowest BCUT2D eigenvalue weighted by Crippen LogP contribution is -2.19. The molecule has 3 rings (SSSR count). The molecule has 1 aliphatic rings. The lowest BCUT2D eigenvalue weighted by Gasteiger charge is -2.26. The molecule has 3 nitrogen and oxygen atoms in total. The maximum Gasteiger partial charge on any atom is 0.343 e. The Balaban J connectivity index is 1.63. The van der Waals surface area contributed by atoms with Gasteiger partial charge in [0.1, 0.15) is 0 Å². The largest absolute Gasteiger partial charge is 0.490 e. The fourth-order valence-corrected chi connectivity index (χ4v) is 3.14. The Morgan fingerprint density at radius 1 is 0.962 bits per heavy atom. The van der Waals surface area contributed by atoms with E-state index in [1.807, 2.05) is 0 Å². The summed E-state index contributed by atoms with van der Waals surface area (Å²) in [6.07, 6.45) is 4.36. The minimum atomic E-state index is -1.22. The molecule has 0 amide bonds. The molecule has 2 aromatic carbocycles. The van der Waals surface area contributed by atoms with Crippen LogP contribution in [0.2, 0.25) is 0 Å². The predicted octanol–water partition coefficient (Wildman–Crippen LogP) is 5.39. The molecule has 26 heavy (non-hydrogen) atoms. The molecule has 0 spiro atoms. The summed E-state index contributed by atoms with van der Waals surface area (Å²) >= 11 is 0. The Bertz CT molecular complexity index is 753. The first-order chi connectivity index (χ1) is 12.5. The number of halogens is 2. The second-order valence-electron chi connectivity index (χ2n) is 6.88. The summed E-state index contributed by atoms with van der Waals surface area (Å²) in [5.74, 6) is -2.61. The zero-order valence-corrected chi connectivity index (χ0v) is 14.7. The van der Waals surface area contributed by atoms with Crippen molar-refractivity contribution in [2.24, 2.45) is 11.8 Å². The molecule has 0 aromatic heterocycles. The number of hydrogen-bond acceptors (Lipinski definition) is 3. The molecule has 1 fully saturated rings. The van der Waals surface area contributed by atoms with Crippen LogP contribution in [0.1, 0.15) is 43.0 Å². The molecule has 5 heteroatoms. The highest BCUT2D eigenvalue weighted by atomic mass is 19.2. The van der Waals surface area contributed by atoms with Gasteiger partial charge in [0.25, 0.3) is 0 Å². The summed E-state index contributed by atoms with van der Waals surface area (Å²) in [4.78, 5) is 12.0. The van der Waals surface area contributed by atoms with Gasteiger partial charge >= 0.3 is 5.97 Å². The van der Waals surface area contributed by atoms with Gasteiger partial charge in [-0.1, -0.05) is 38.0 Å². The highest BCUT2D eigenvalue weighted by Gasteiger charge is 2.22. The van der Waals surface area contributed by atoms with Crippen molar-refractivity contribution >= 4 is 5.97 Å². The Morgan fingerprint density at radius 3 is 2.27 bits per heavy atom. The van der Waals surface area contributed by atoms with Gasteiger partial charge in [-0.15, -0.1) is 0 Å². The lowest BCUT2D eigenvalue weighted by atomic mass is 9.83. The van der Waals surface area contributed by atoms with Crippen LogP contribution < -0.4 is 9.47 Å². The van der Waals surface area contributed by atoms with Crippen molar-refractivity contribution in [3.63, 3.8) is 0 Å². The monoisotopic (exact) mass is 360 g/mol. The van der Waals surface area contributed by atoms with E-state index in [1.54, 1.807) is 30.3 Å². The Morgan fingerprint density at radius 2 is 1.58 bits per heavy atom. The van der Waals surface area contributed by atoms with E-state index in [2.05, 4.69) is 6.92 Å². The molecule has 0 saturated heterocycles. The van der Waals surface area contributed by atoms with Crippen molar-refractivity contribution in [1.82, 2.24) is 0 Å². The van der Waals surface area contributed by atoms with Crippen LogP contribution in [0.15, 0.2) is 42.5 Å². The predicted molar refractivity (Wildman–Crippen MR) is 94.4 cm³/mol. The van der Waals surface area contributed by atoms with Gasteiger partial charge < -0.3 is 9.47 Å². The highest BCUT2D eigenvalue weighted by Crippen LogP contribution is 2.31. The molecule has 0 radical (unpaired) electrons. The van der Waals surface area contributed by atoms with E-state index >= 15 is 0 Å². The third-order valence-electron chi connectivity index (χ3n) is 4.83. The normalized spacial score (nSPS) is 19.8. The second kappa shape index (κ2) is 8.30. The molecule has 1 saturated carbocycles. The summed E-state index contributed by atoms with van der Waals surface area (Å²) in [6, 6.07) is 10.7. The third-order valence-corrected chi connectivity index (χ3v) is 4.83. The van der Waals surface area contributed by atoms with Crippen LogP contribution in [0.4, 0.5) is 8.78 Å². The first-order valence-corrected chi connectivity index (χ1v) is 8.92. The SMILES string of the molecule is CC1CCC(COc2ccc(OC(=O)c3ccccc3)c(F)c2F)CC1. The molecule has 0 aliphatic heterocycles. The molecule has 0 N–H and O–H groups in total. The van der Waals surface area contributed by atoms with Gasteiger partial charge in [-0.05, 0) is 48.9 Å². The van der Waals surface area contributed by atoms with Gasteiger partial charge in [-0.2, -0.15) is 8.78 Å². The number of carbonyl (C=O) groups is 1. The summed E-state index contributed by atoms with van der Waals surface area (Å²) < 4.78 is 38.9. The van der Waals surface area contributed by atoms with E-state index in [0.29, 0.717) is 12.5 Å². The second-order valence-corrected chi connectivity index (χ2v) is 6.88. The summed E-state index contributed by atoms with van der Waals surface area (Å²) in [6.45, 7) is 2.59. The first-order valence-electron chi connectivity index (χ1n) is 8.92. The fourth-order valence-electron chi connectivity index (χ4n) is 3.14. The van der Waals surface area contributed by atoms with Gasteiger partial charge in [-0.25, -0.2) is 4.79 Å². The quantitative estimate of drug-likeness (QED) is 0.530. The highest BCUT2D eigenvalue weighted by molar-refractivity contribution is 5.91. The number of rotatable bonds is 5. The van der Waals surface area contributed by atoms with Crippen molar-refractivity contribution in [3.8, 4) is 11.5 Å². The average molecular weight is 360 g/mol. The van der Waals surface area contributed by atoms with Crippen molar-refractivity contribution in [2.45, 2.75) is 32.6 Å². The molecular weight excluding hydrogens is 338 g/mol. The standard InChI is InChI=1S/C21H22F2O3/c1-14-7-9-15(10-8-14)13-25-17-11-12-18(20(23)19(17)22)26-21(24)16-5-3-2-4-6-16/h2-6,11-12,14-15H,7-10,13H2,1H3. The molecule has 0 heterocycles. The van der Waals surface area contributed by atoms with E-state index in [9.17, 15) is 13.6 Å². The summed E-state index contributed by atoms with van der Waals surface area (Å²) in [5.41, 5.74) is 0.263. The molecule has 1 aliphatic carbocycles. The summed E-state index contributed by atoms with van der Waals surface area (Å²) in [5, 5.41) is 0. The van der Waals surface area contributed by atoms with Crippen molar-refractivity contribution < 1.29 is 23.0 Å². The van der Waals surface area contributed by atoms with Gasteiger partial charge in [-0.3, -0.25) is 0 Å². The molecule has 0 unspecified atom stereocenters. The van der Waals surface area contributed by atoms with Gasteiger partial charge in [0.15, 0.2) is 11.5 Å². The van der Waals surface area contributed by atoms with Crippen molar-refractivity contribution in [2.75, 3.05) is 6.61 Å². The van der Waals surface area contributed by atoms with Gasteiger partial charge in [0, 0.05) is 0 Å². The van der Waals surface area contributed by atoms with E-state index in [1.165, 1.54) is 12.1 Å². The maximum absolute atomic E-state index is 14.2. The minimum absolute atomic E-state index is 0.152. The Hall–Kier alpha value is -2.43. The Kier molecular flexibility index (Phi) is 5.86. The van der Waals surface area contributed by atoms with Crippen LogP contribution in [-0.2, 0) is 0 Å². The number of benzene rings is 2. The topological polar surface area (TPSA) is 35.5 Å². The zero-order chi connectivity index (χ0) is 18.5. The van der Waals surface area contributed by atoms with E-state index < -0.39 is 23.4 Å². The maximum atomic E-state index is 14.2. The lowest BCUT2D eigenvalue weighted by molar-refractivity contribution is 0.0726. The number of hydrogen-bond donors (Lipinski definition) is 0. The molecule has 138 valence electrons. The average Bonchev–Trinajstić information content (AvgIpc) is 2.67. The number of ether oxygens (including phenoxy) is 2. The zero-order valence-electron chi connectivity index (χ0n) is 14.7. The van der Waals surface area contributed by atoms with Crippen LogP contribution in [0, 0.1) is 23.5 Å². The fraction of sp³-hybridized carbons (Fsp3) is 0.381. The van der Waals surface area contributed by atoms with E-state index in [0.717, 1.165) is 31.6 Å². The summed E-state index contributed by atoms with van der Waals surface area (Å²) in [7, 11) is 0. The van der Waals surface area contributed by atoms with Gasteiger partial charge in [0.05, 0.1) is 12.2 Å². The molecule has 2 aromatic rings. The van der Waals surface area contributed by atoms with Crippen LogP contribution in [0.3, 0.4) is 0 Å². The third kappa shape index (κ3) is 4.40. The van der Waals surface area contributed by atoms with Crippen molar-refractivity contribution in [3.05, 3.63) is 59.7 Å². The van der Waals surface area contributed by atoms with Gasteiger partial charge in [0.2, 0.25) is 11.6 Å². The molecular formula is C21H22F2O3. The van der Waals surface area contributed by atoms with Crippen LogP contribution in [0.25, 0.3) is 0 Å². The molecule has 0 atom stereocenters. The number of esters is 1. The molecule has 0 bridgehead atoms.